The van der Waals surface area contributed by atoms with Crippen molar-refractivity contribution in [3.8, 4) is 0 Å². The van der Waals surface area contributed by atoms with Crippen LogP contribution in [0.25, 0.3) is 0 Å². The maximum atomic E-state index is 11.4. The largest absolute Gasteiger partial charge is 0.502 e. The first-order valence-electron chi connectivity index (χ1n) is 4.35. The lowest BCUT2D eigenvalue weighted by Crippen LogP contribution is -2.10. The van der Waals surface area contributed by atoms with E-state index in [1.165, 1.54) is 6.08 Å². The van der Waals surface area contributed by atoms with Gasteiger partial charge in [-0.3, -0.25) is 4.79 Å². The van der Waals surface area contributed by atoms with Gasteiger partial charge in [0.25, 0.3) is 0 Å². The number of rotatable bonds is 1. The second kappa shape index (κ2) is 4.10. The molecule has 0 aromatic rings. The van der Waals surface area contributed by atoms with Gasteiger partial charge in [0.1, 0.15) is 5.76 Å². The minimum atomic E-state index is -0.824. The Morgan fingerprint density at radius 2 is 2.13 bits per heavy atom. The lowest BCUT2D eigenvalue weighted by atomic mass is 10.3. The Kier molecular flexibility index (Phi) is 3.24. The molecule has 1 N–H and O–H groups in total. The third-order valence-electron chi connectivity index (χ3n) is 1.37. The van der Waals surface area contributed by atoms with Crippen molar-refractivity contribution in [2.24, 2.45) is 0 Å². The first-order valence-corrected chi connectivity index (χ1v) is 5.17. The summed E-state index contributed by atoms with van der Waals surface area (Å²) < 4.78 is 4.41. The summed E-state index contributed by atoms with van der Waals surface area (Å²) >= 11 is 1.13. The Hall–Kier alpha value is -1.23. The number of thioether (sulfide) groups is 1. The number of ether oxygens (including phenoxy) is 1. The van der Waals surface area contributed by atoms with Crippen LogP contribution in [0, 0.1) is 0 Å². The van der Waals surface area contributed by atoms with E-state index in [-0.39, 0.29) is 15.6 Å². The molecule has 0 aromatic heterocycles. The normalized spacial score (nSPS) is 19.0. The summed E-state index contributed by atoms with van der Waals surface area (Å²) in [5, 5.41) is 8.73. The fourth-order valence-electron chi connectivity index (χ4n) is 0.901. The number of aliphatic hydroxyl groups is 1. The van der Waals surface area contributed by atoms with Crippen LogP contribution in [0.1, 0.15) is 20.8 Å². The van der Waals surface area contributed by atoms with Crippen LogP contribution in [0.3, 0.4) is 0 Å². The summed E-state index contributed by atoms with van der Waals surface area (Å²) in [6.07, 6.45) is 2.32. The van der Waals surface area contributed by atoms with Crippen molar-refractivity contribution in [2.45, 2.75) is 25.5 Å². The van der Waals surface area contributed by atoms with Crippen LogP contribution in [0.4, 0.5) is 0 Å². The summed E-state index contributed by atoms with van der Waals surface area (Å²) in [6, 6.07) is 0. The zero-order valence-corrected chi connectivity index (χ0v) is 9.55. The highest BCUT2D eigenvalue weighted by molar-refractivity contribution is 8.15. The second-order valence-electron chi connectivity index (χ2n) is 4.00. The smallest absolute Gasteiger partial charge is 0.378 e. The SMILES string of the molecule is CC(C)(C)SC(=O)/C=C1\C=C(O)C(=O)O1. The first-order chi connectivity index (χ1) is 6.78. The van der Waals surface area contributed by atoms with E-state index in [4.69, 9.17) is 5.11 Å². The van der Waals surface area contributed by atoms with Gasteiger partial charge >= 0.3 is 5.97 Å². The van der Waals surface area contributed by atoms with Crippen molar-refractivity contribution < 1.29 is 19.4 Å². The second-order valence-corrected chi connectivity index (χ2v) is 5.83. The molecule has 0 aromatic carbocycles. The highest BCUT2D eigenvalue weighted by atomic mass is 32.2. The Morgan fingerprint density at radius 1 is 1.53 bits per heavy atom. The first kappa shape index (κ1) is 11.8. The molecule has 5 heteroatoms. The van der Waals surface area contributed by atoms with Gasteiger partial charge in [0, 0.05) is 16.9 Å². The molecular weight excluding hydrogens is 216 g/mol. The van der Waals surface area contributed by atoms with Crippen molar-refractivity contribution in [3.63, 3.8) is 0 Å². The number of allylic oxidation sites excluding steroid dienone is 1. The fourth-order valence-corrected chi connectivity index (χ4v) is 1.68. The Bertz CT molecular complexity index is 360. The van der Waals surface area contributed by atoms with E-state index in [2.05, 4.69) is 4.74 Å². The summed E-state index contributed by atoms with van der Waals surface area (Å²) in [5.74, 6) is -1.22. The van der Waals surface area contributed by atoms with Crippen molar-refractivity contribution in [3.05, 3.63) is 23.7 Å². The standard InChI is InChI=1S/C10H12O4S/c1-10(2,3)15-8(12)5-6-4-7(11)9(13)14-6/h4-5,11H,1-3H3/b6-5+. The monoisotopic (exact) mass is 228 g/mol. The minimum absolute atomic E-state index is 0.0826. The molecule has 1 aliphatic rings. The number of carbonyl (C=O) groups excluding carboxylic acids is 2. The fraction of sp³-hybridized carbons (Fsp3) is 0.400. The molecule has 1 rings (SSSR count). The number of esters is 1. The van der Waals surface area contributed by atoms with Gasteiger partial charge < -0.3 is 9.84 Å². The maximum Gasteiger partial charge on any atom is 0.378 e. The van der Waals surface area contributed by atoms with Gasteiger partial charge in [-0.25, -0.2) is 4.79 Å². The van der Waals surface area contributed by atoms with E-state index in [1.807, 2.05) is 20.8 Å². The van der Waals surface area contributed by atoms with Crippen molar-refractivity contribution in [1.29, 1.82) is 0 Å². The highest BCUT2D eigenvalue weighted by Gasteiger charge is 2.22. The van der Waals surface area contributed by atoms with Gasteiger partial charge in [0.05, 0.1) is 0 Å². The van der Waals surface area contributed by atoms with E-state index in [1.54, 1.807) is 0 Å². The van der Waals surface area contributed by atoms with Crippen LogP contribution in [-0.2, 0) is 14.3 Å². The van der Waals surface area contributed by atoms with Crippen molar-refractivity contribution in [1.82, 2.24) is 0 Å². The Morgan fingerprint density at radius 3 is 2.53 bits per heavy atom. The minimum Gasteiger partial charge on any atom is -0.502 e. The summed E-state index contributed by atoms with van der Waals surface area (Å²) in [7, 11) is 0. The number of aliphatic hydroxyl groups excluding tert-OH is 1. The van der Waals surface area contributed by atoms with Gasteiger partial charge in [-0.2, -0.15) is 0 Å². The zero-order chi connectivity index (χ0) is 11.6. The molecule has 0 saturated carbocycles. The molecule has 1 aliphatic heterocycles. The zero-order valence-electron chi connectivity index (χ0n) is 8.73. The van der Waals surface area contributed by atoms with Gasteiger partial charge in [0.15, 0.2) is 0 Å². The van der Waals surface area contributed by atoms with Crippen LogP contribution in [0.2, 0.25) is 0 Å². The summed E-state index contributed by atoms with van der Waals surface area (Å²) in [6.45, 7) is 5.71. The third-order valence-corrected chi connectivity index (χ3v) is 2.30. The summed E-state index contributed by atoms with van der Waals surface area (Å²) in [4.78, 5) is 22.2. The Labute approximate surface area is 92.0 Å². The topological polar surface area (TPSA) is 63.6 Å². The molecule has 0 aliphatic carbocycles. The molecule has 82 valence electrons. The van der Waals surface area contributed by atoms with Gasteiger partial charge in [-0.1, -0.05) is 32.5 Å². The van der Waals surface area contributed by atoms with Crippen LogP contribution < -0.4 is 0 Å². The highest BCUT2D eigenvalue weighted by Crippen LogP contribution is 2.25. The number of hydrogen-bond acceptors (Lipinski definition) is 5. The van der Waals surface area contributed by atoms with Gasteiger partial charge in [0.2, 0.25) is 10.9 Å². The number of cyclic esters (lactones) is 1. The van der Waals surface area contributed by atoms with Gasteiger partial charge in [-0.15, -0.1) is 0 Å². The Balaban J connectivity index is 2.67. The average molecular weight is 228 g/mol. The van der Waals surface area contributed by atoms with Crippen LogP contribution >= 0.6 is 11.8 Å². The van der Waals surface area contributed by atoms with E-state index in [0.717, 1.165) is 17.8 Å². The lowest BCUT2D eigenvalue weighted by molar-refractivity contribution is -0.135. The molecule has 0 fully saturated rings. The molecule has 0 radical (unpaired) electrons. The van der Waals surface area contributed by atoms with Crippen LogP contribution in [-0.4, -0.2) is 20.9 Å². The molecule has 0 spiro atoms. The molecule has 0 amide bonds. The molecule has 0 unspecified atom stereocenters. The van der Waals surface area contributed by atoms with Crippen molar-refractivity contribution in [2.75, 3.05) is 0 Å². The number of carbonyl (C=O) groups is 2. The van der Waals surface area contributed by atoms with Crippen LogP contribution in [0.15, 0.2) is 23.7 Å². The predicted octanol–water partition coefficient (Wildman–Crippen LogP) is 1.93. The van der Waals surface area contributed by atoms with Crippen molar-refractivity contribution >= 4 is 22.8 Å². The lowest BCUT2D eigenvalue weighted by Gasteiger charge is -2.14. The third kappa shape index (κ3) is 3.79. The van der Waals surface area contributed by atoms with Crippen LogP contribution in [0.5, 0.6) is 0 Å². The molecular formula is C10H12O4S. The molecule has 4 nitrogen and oxygen atoms in total. The van der Waals surface area contributed by atoms with E-state index in [9.17, 15) is 9.59 Å². The maximum absolute atomic E-state index is 11.4. The molecule has 0 atom stereocenters. The van der Waals surface area contributed by atoms with E-state index < -0.39 is 11.7 Å². The molecule has 15 heavy (non-hydrogen) atoms. The quantitative estimate of drug-likeness (QED) is 0.548. The van der Waals surface area contributed by atoms with E-state index in [0.29, 0.717) is 0 Å². The molecule has 0 bridgehead atoms. The molecule has 0 saturated heterocycles. The van der Waals surface area contributed by atoms with Gasteiger partial charge in [-0.05, 0) is 0 Å². The van der Waals surface area contributed by atoms with E-state index >= 15 is 0 Å². The molecule has 1 heterocycles. The predicted molar refractivity (Wildman–Crippen MR) is 57.2 cm³/mol. The average Bonchev–Trinajstić information content (AvgIpc) is 2.26. The number of hydrogen-bond donors (Lipinski definition) is 1. The summed E-state index contributed by atoms with van der Waals surface area (Å²) in [5.41, 5.74) is 0.